The third-order valence-corrected chi connectivity index (χ3v) is 7.54. The Morgan fingerprint density at radius 2 is 2.05 bits per heavy atom. The molecule has 5 rings (SSSR count). The van der Waals surface area contributed by atoms with Crippen molar-refractivity contribution in [3.8, 4) is 10.4 Å². The molecule has 2 amide bonds. The van der Waals surface area contributed by atoms with Gasteiger partial charge in [-0.25, -0.2) is 13.8 Å². The van der Waals surface area contributed by atoms with Crippen LogP contribution in [-0.4, -0.2) is 31.5 Å². The van der Waals surface area contributed by atoms with Gasteiger partial charge < -0.3 is 15.5 Å². The maximum absolute atomic E-state index is 13.6. The molecule has 0 aliphatic heterocycles. The lowest BCUT2D eigenvalue weighted by Gasteiger charge is -2.09. The smallest absolute Gasteiger partial charge is 0.307 e. The molecule has 11 nitrogen and oxygen atoms in total. The van der Waals surface area contributed by atoms with Crippen molar-refractivity contribution in [1.29, 1.82) is 0 Å². The Kier molecular flexibility index (Phi) is 6.46. The number of halogens is 2. The number of amides is 2. The van der Waals surface area contributed by atoms with E-state index in [1.165, 1.54) is 40.4 Å². The lowest BCUT2D eigenvalue weighted by atomic mass is 10.1. The molecule has 0 unspecified atom stereocenters. The molecule has 5 aromatic heterocycles. The molecule has 0 spiro atoms. The molecule has 0 aromatic carbocycles. The summed E-state index contributed by atoms with van der Waals surface area (Å²) in [7, 11) is 0. The van der Waals surface area contributed by atoms with Crippen LogP contribution >= 0.6 is 22.7 Å². The normalized spacial score (nSPS) is 11.4. The largest absolute Gasteiger partial charge is 0.454 e. The number of nitro groups is 1. The second kappa shape index (κ2) is 9.75. The number of carbonyl (C=O) groups is 2. The number of aryl methyl sites for hydroxylation is 1. The highest BCUT2D eigenvalue weighted by Crippen LogP contribution is 2.44. The molecule has 3 N–H and O–H groups in total. The minimum absolute atomic E-state index is 0.0250. The van der Waals surface area contributed by atoms with E-state index in [9.17, 15) is 28.5 Å². The first kappa shape index (κ1) is 25.2. The predicted octanol–water partition coefficient (Wildman–Crippen LogP) is 5.37. The Balaban J connectivity index is 1.52. The molecular formula is C23H16F2N6O5S2. The van der Waals surface area contributed by atoms with Crippen LogP contribution in [0.25, 0.3) is 20.7 Å². The van der Waals surface area contributed by atoms with Crippen molar-refractivity contribution < 1.29 is 27.7 Å². The molecule has 15 heteroatoms. The third-order valence-electron chi connectivity index (χ3n) is 5.41. The van der Waals surface area contributed by atoms with Crippen LogP contribution in [0.2, 0.25) is 0 Å². The number of rotatable bonds is 8. The average Bonchev–Trinajstić information content (AvgIpc) is 3.65. The first-order valence-electron chi connectivity index (χ1n) is 10.8. The average molecular weight is 559 g/mol. The van der Waals surface area contributed by atoms with Crippen molar-refractivity contribution in [3.05, 3.63) is 79.8 Å². The van der Waals surface area contributed by atoms with E-state index < -0.39 is 28.9 Å². The maximum Gasteiger partial charge on any atom is 0.307 e. The number of primary amides is 1. The molecular weight excluding hydrogens is 542 g/mol. The number of pyridine rings is 1. The summed E-state index contributed by atoms with van der Waals surface area (Å²) in [5.74, 6) is -1.43. The number of thiophene rings is 2. The number of aromatic nitrogens is 3. The zero-order chi connectivity index (χ0) is 27.1. The van der Waals surface area contributed by atoms with Gasteiger partial charge in [0.15, 0.2) is 5.76 Å². The second-order valence-electron chi connectivity index (χ2n) is 8.03. The molecule has 0 saturated carbocycles. The molecule has 5 heterocycles. The summed E-state index contributed by atoms with van der Waals surface area (Å²) in [5, 5.41) is 17.7. The summed E-state index contributed by atoms with van der Waals surface area (Å²) < 4.78 is 34.1. The Bertz CT molecular complexity index is 1720. The standard InChI is InChI=1S/C23H16F2N6O5S2/c1-10-2-5-16(37-10)13-6-14(20(24)25)28-23-17(13)18(19(38-23)21(26)32)29-22(33)15-4-3-12(36-15)9-30-8-11(7-27-30)31(34)35/h2-8,20H,9H2,1H3,(H2,26,32)(H,29,33). The third kappa shape index (κ3) is 4.76. The molecule has 194 valence electrons. The zero-order valence-electron chi connectivity index (χ0n) is 19.3. The number of anilines is 1. The van der Waals surface area contributed by atoms with Crippen LogP contribution in [0.1, 0.15) is 43.0 Å². The van der Waals surface area contributed by atoms with Gasteiger partial charge in [-0.2, -0.15) is 5.10 Å². The Morgan fingerprint density at radius 1 is 1.26 bits per heavy atom. The fraction of sp³-hybridized carbons (Fsp3) is 0.130. The summed E-state index contributed by atoms with van der Waals surface area (Å²) in [6, 6.07) is 7.71. The Morgan fingerprint density at radius 3 is 2.68 bits per heavy atom. The van der Waals surface area contributed by atoms with E-state index in [0.29, 0.717) is 15.8 Å². The van der Waals surface area contributed by atoms with E-state index in [1.54, 1.807) is 6.07 Å². The molecule has 0 aliphatic rings. The first-order valence-corrected chi connectivity index (χ1v) is 12.4. The highest BCUT2D eigenvalue weighted by atomic mass is 32.1. The highest BCUT2D eigenvalue weighted by molar-refractivity contribution is 7.21. The molecule has 0 atom stereocenters. The van der Waals surface area contributed by atoms with Crippen molar-refractivity contribution in [1.82, 2.24) is 14.8 Å². The van der Waals surface area contributed by atoms with Crippen LogP contribution in [0.3, 0.4) is 0 Å². The van der Waals surface area contributed by atoms with Gasteiger partial charge >= 0.3 is 5.69 Å². The lowest BCUT2D eigenvalue weighted by Crippen LogP contribution is -2.16. The van der Waals surface area contributed by atoms with E-state index in [0.717, 1.165) is 22.4 Å². The number of hydrogen-bond donors (Lipinski definition) is 2. The summed E-state index contributed by atoms with van der Waals surface area (Å²) in [4.78, 5) is 41.3. The Labute approximate surface area is 219 Å². The van der Waals surface area contributed by atoms with Crippen molar-refractivity contribution >= 4 is 56.1 Å². The van der Waals surface area contributed by atoms with Crippen LogP contribution in [0.5, 0.6) is 0 Å². The molecule has 0 radical (unpaired) electrons. The van der Waals surface area contributed by atoms with E-state index >= 15 is 0 Å². The van der Waals surface area contributed by atoms with Gasteiger partial charge in [0.05, 0.1) is 17.2 Å². The topological polar surface area (TPSA) is 159 Å². The van der Waals surface area contributed by atoms with E-state index in [-0.39, 0.29) is 39.1 Å². The highest BCUT2D eigenvalue weighted by Gasteiger charge is 2.26. The van der Waals surface area contributed by atoms with Gasteiger partial charge in [-0.15, -0.1) is 22.7 Å². The summed E-state index contributed by atoms with van der Waals surface area (Å²) in [6.07, 6.45) is -0.550. The number of carbonyl (C=O) groups excluding carboxylic acids is 2. The van der Waals surface area contributed by atoms with Crippen LogP contribution in [0, 0.1) is 17.0 Å². The van der Waals surface area contributed by atoms with Gasteiger partial charge in [-0.1, -0.05) is 0 Å². The molecule has 0 bridgehead atoms. The minimum atomic E-state index is -2.85. The van der Waals surface area contributed by atoms with Crippen LogP contribution < -0.4 is 11.1 Å². The van der Waals surface area contributed by atoms with Crippen LogP contribution in [0.15, 0.2) is 47.1 Å². The number of hydrogen-bond acceptors (Lipinski definition) is 9. The fourth-order valence-corrected chi connectivity index (χ4v) is 5.65. The van der Waals surface area contributed by atoms with Crippen LogP contribution in [0.4, 0.5) is 20.2 Å². The van der Waals surface area contributed by atoms with Crippen molar-refractivity contribution in [2.45, 2.75) is 19.9 Å². The van der Waals surface area contributed by atoms with Gasteiger partial charge in [0.25, 0.3) is 18.2 Å². The Hall–Kier alpha value is -4.50. The molecule has 0 aliphatic carbocycles. The van der Waals surface area contributed by atoms with Gasteiger partial charge in [0.2, 0.25) is 0 Å². The summed E-state index contributed by atoms with van der Waals surface area (Å²) >= 11 is 2.16. The maximum atomic E-state index is 13.6. The molecule has 38 heavy (non-hydrogen) atoms. The molecule has 0 fully saturated rings. The second-order valence-corrected chi connectivity index (χ2v) is 10.3. The van der Waals surface area contributed by atoms with Crippen molar-refractivity contribution in [3.63, 3.8) is 0 Å². The number of nitrogens with zero attached hydrogens (tertiary/aromatic N) is 4. The molecule has 5 aromatic rings. The lowest BCUT2D eigenvalue weighted by molar-refractivity contribution is -0.385. The van der Waals surface area contributed by atoms with Gasteiger partial charge in [0, 0.05) is 20.7 Å². The number of alkyl halides is 2. The van der Waals surface area contributed by atoms with E-state index in [1.807, 2.05) is 13.0 Å². The first-order chi connectivity index (χ1) is 18.1. The number of fused-ring (bicyclic) bond motifs is 1. The predicted molar refractivity (Wildman–Crippen MR) is 136 cm³/mol. The quantitative estimate of drug-likeness (QED) is 0.191. The van der Waals surface area contributed by atoms with Gasteiger partial charge in [0.1, 0.15) is 33.6 Å². The van der Waals surface area contributed by atoms with E-state index in [4.69, 9.17) is 10.2 Å². The zero-order valence-corrected chi connectivity index (χ0v) is 20.9. The number of nitrogens with two attached hydrogens (primary N) is 1. The van der Waals surface area contributed by atoms with Crippen molar-refractivity contribution in [2.24, 2.45) is 5.73 Å². The summed E-state index contributed by atoms with van der Waals surface area (Å²) in [5.41, 5.74) is 5.31. The van der Waals surface area contributed by atoms with Gasteiger partial charge in [-0.05, 0) is 37.3 Å². The monoisotopic (exact) mass is 558 g/mol. The minimum Gasteiger partial charge on any atom is -0.454 e. The SMILES string of the molecule is Cc1ccc(-c2cc(C(F)F)nc3sc(C(N)=O)c(NC(=O)c4ccc(Cn5cc([N+](=O)[O-])cn5)o4)c23)s1. The van der Waals surface area contributed by atoms with Gasteiger partial charge in [-0.3, -0.25) is 24.4 Å². The van der Waals surface area contributed by atoms with Crippen molar-refractivity contribution in [2.75, 3.05) is 5.32 Å². The number of furan rings is 1. The molecule has 0 saturated heterocycles. The summed E-state index contributed by atoms with van der Waals surface area (Å²) in [6.45, 7) is 1.89. The fourth-order valence-electron chi connectivity index (χ4n) is 3.75. The van der Waals surface area contributed by atoms with E-state index in [2.05, 4.69) is 15.4 Å². The number of nitrogens with one attached hydrogen (secondary N) is 1. The van der Waals surface area contributed by atoms with Crippen LogP contribution in [-0.2, 0) is 6.54 Å².